The minimum Gasteiger partial charge on any atom is -0.384 e. The van der Waals surface area contributed by atoms with Crippen LogP contribution in [0.4, 0.5) is 8.78 Å². The number of rotatable bonds is 4. The molecule has 0 amide bonds. The molecule has 0 aromatic carbocycles. The second-order valence-electron chi connectivity index (χ2n) is 12.5. The van der Waals surface area contributed by atoms with Crippen molar-refractivity contribution in [3.05, 3.63) is 18.5 Å². The fourth-order valence-corrected chi connectivity index (χ4v) is 9.35. The molecule has 8 atom stereocenters. The molecule has 1 N–H and O–H groups in total. The molecule has 8 heteroatoms. The first-order valence-corrected chi connectivity index (χ1v) is 13.3. The molecule has 35 heavy (non-hydrogen) atoms. The summed E-state index contributed by atoms with van der Waals surface area (Å²) < 4.78 is 27.1. The number of aromatic nitrogens is 4. The molecule has 0 spiro atoms. The van der Waals surface area contributed by atoms with E-state index >= 15 is 0 Å². The van der Waals surface area contributed by atoms with Crippen LogP contribution in [0, 0.1) is 40.4 Å². The van der Waals surface area contributed by atoms with Crippen molar-refractivity contribution in [1.29, 1.82) is 0 Å². The molecule has 0 bridgehead atoms. The van der Waals surface area contributed by atoms with E-state index in [1.807, 2.05) is 6.07 Å². The lowest BCUT2D eigenvalue weighted by molar-refractivity contribution is -0.178. The number of Topliss-reactive ketones (excluding diaryl/α,β-unsaturated/α-hetero) is 1. The summed E-state index contributed by atoms with van der Waals surface area (Å²) in [5, 5.41) is 19.4. The first kappa shape index (κ1) is 23.4. The van der Waals surface area contributed by atoms with Crippen LogP contribution in [0.5, 0.6) is 0 Å². The molecule has 4 aliphatic rings. The molecular weight excluding hydrogens is 450 g/mol. The maximum atomic E-state index is 13.6. The fraction of sp³-hybridized carbons (Fsp3) is 0.778. The smallest absolute Gasteiger partial charge is 0.266 e. The van der Waals surface area contributed by atoms with E-state index in [1.54, 1.807) is 12.4 Å². The van der Waals surface area contributed by atoms with E-state index in [0.717, 1.165) is 44.0 Å². The van der Waals surface area contributed by atoms with Crippen LogP contribution in [0.3, 0.4) is 0 Å². The number of carbonyl (C=O) groups is 1. The van der Waals surface area contributed by atoms with Gasteiger partial charge >= 0.3 is 0 Å². The standard InChI is InChI=1S/C27H36F2N4O2/c1-25-9-5-16-13-27(35,24(28)29)11-6-17(16)18(25)7-10-26(2)19(3-4-23(25)26)22(34)15-33-31-20-8-12-30-14-21(20)32-33/h8,12,14,16-19,23-24,35H,3-7,9-11,13,15H2,1-2H3/t16-,17+,18-,19-,23+,25-,26-,27-/m1/s1. The minimum atomic E-state index is -2.66. The lowest BCUT2D eigenvalue weighted by Gasteiger charge is -2.62. The molecule has 0 unspecified atom stereocenters. The first-order valence-electron chi connectivity index (χ1n) is 13.3. The summed E-state index contributed by atoms with van der Waals surface area (Å²) >= 11 is 0. The van der Waals surface area contributed by atoms with Gasteiger partial charge in [-0.3, -0.25) is 9.78 Å². The van der Waals surface area contributed by atoms with Crippen molar-refractivity contribution in [2.75, 3.05) is 0 Å². The van der Waals surface area contributed by atoms with Gasteiger partial charge in [0.15, 0.2) is 5.78 Å². The maximum Gasteiger partial charge on any atom is 0.266 e. The molecule has 4 saturated carbocycles. The summed E-state index contributed by atoms with van der Waals surface area (Å²) in [4.78, 5) is 19.2. The highest BCUT2D eigenvalue weighted by Crippen LogP contribution is 2.69. The van der Waals surface area contributed by atoms with Gasteiger partial charge < -0.3 is 5.11 Å². The summed E-state index contributed by atoms with van der Waals surface area (Å²) in [5.41, 5.74) is -0.258. The third-order valence-electron chi connectivity index (χ3n) is 11.0. The third-order valence-corrected chi connectivity index (χ3v) is 11.0. The molecule has 6 rings (SSSR count). The highest BCUT2D eigenvalue weighted by molar-refractivity contribution is 5.82. The zero-order chi connectivity index (χ0) is 24.6. The van der Waals surface area contributed by atoms with Gasteiger partial charge in [0.05, 0.1) is 6.20 Å². The molecule has 2 aromatic heterocycles. The van der Waals surface area contributed by atoms with E-state index in [1.165, 1.54) is 4.80 Å². The van der Waals surface area contributed by atoms with Crippen LogP contribution in [-0.4, -0.2) is 42.9 Å². The monoisotopic (exact) mass is 486 g/mol. The Morgan fingerprint density at radius 2 is 1.86 bits per heavy atom. The molecule has 4 aliphatic carbocycles. The summed E-state index contributed by atoms with van der Waals surface area (Å²) in [6.45, 7) is 4.94. The minimum absolute atomic E-state index is 0.00511. The van der Waals surface area contributed by atoms with Gasteiger partial charge in [0.1, 0.15) is 23.2 Å². The van der Waals surface area contributed by atoms with Crippen molar-refractivity contribution in [3.8, 4) is 0 Å². The lowest BCUT2D eigenvalue weighted by atomic mass is 9.43. The quantitative estimate of drug-likeness (QED) is 0.654. The van der Waals surface area contributed by atoms with Crippen molar-refractivity contribution in [2.45, 2.75) is 90.2 Å². The van der Waals surface area contributed by atoms with Crippen molar-refractivity contribution in [3.63, 3.8) is 0 Å². The number of halogens is 2. The Hall–Kier alpha value is -1.96. The van der Waals surface area contributed by atoms with E-state index < -0.39 is 12.0 Å². The van der Waals surface area contributed by atoms with E-state index in [-0.39, 0.29) is 47.8 Å². The van der Waals surface area contributed by atoms with Crippen molar-refractivity contribution in [2.24, 2.45) is 40.4 Å². The molecule has 190 valence electrons. The fourth-order valence-electron chi connectivity index (χ4n) is 9.35. The van der Waals surface area contributed by atoms with Gasteiger partial charge in [-0.25, -0.2) is 8.78 Å². The number of nitrogens with zero attached hydrogens (tertiary/aromatic N) is 4. The topological polar surface area (TPSA) is 80.9 Å². The second-order valence-corrected chi connectivity index (χ2v) is 12.5. The Morgan fingerprint density at radius 3 is 2.63 bits per heavy atom. The van der Waals surface area contributed by atoms with Gasteiger partial charge in [-0.1, -0.05) is 13.8 Å². The number of carbonyl (C=O) groups excluding carboxylic acids is 1. The van der Waals surface area contributed by atoms with Gasteiger partial charge in [0.2, 0.25) is 0 Å². The summed E-state index contributed by atoms with van der Waals surface area (Å²) in [5.74, 6) is 1.80. The highest BCUT2D eigenvalue weighted by Gasteiger charge is 2.64. The lowest BCUT2D eigenvalue weighted by Crippen LogP contribution is -2.57. The Labute approximate surface area is 204 Å². The maximum absolute atomic E-state index is 13.6. The normalized spacial score (nSPS) is 43.1. The van der Waals surface area contributed by atoms with Gasteiger partial charge in [-0.2, -0.15) is 15.0 Å². The van der Waals surface area contributed by atoms with Crippen LogP contribution in [0.2, 0.25) is 0 Å². The molecule has 0 saturated heterocycles. The second kappa shape index (κ2) is 8.02. The Kier molecular flexibility index (Phi) is 5.37. The van der Waals surface area contributed by atoms with Crippen LogP contribution >= 0.6 is 0 Å². The molecule has 2 heterocycles. The van der Waals surface area contributed by atoms with Crippen molar-refractivity contribution in [1.82, 2.24) is 20.0 Å². The number of aliphatic hydroxyl groups is 1. The number of ketones is 1. The van der Waals surface area contributed by atoms with Gasteiger partial charge in [0, 0.05) is 12.1 Å². The van der Waals surface area contributed by atoms with Gasteiger partial charge in [-0.05, 0) is 98.4 Å². The van der Waals surface area contributed by atoms with E-state index in [4.69, 9.17) is 0 Å². The number of fused-ring (bicyclic) bond motifs is 6. The molecular formula is C27H36F2N4O2. The van der Waals surface area contributed by atoms with E-state index in [2.05, 4.69) is 29.0 Å². The summed E-state index contributed by atoms with van der Waals surface area (Å²) in [6.07, 6.45) is 7.79. The first-order chi connectivity index (χ1) is 16.6. The van der Waals surface area contributed by atoms with E-state index in [0.29, 0.717) is 29.7 Å². The Bertz CT molecular complexity index is 1110. The molecule has 2 aromatic rings. The predicted molar refractivity (Wildman–Crippen MR) is 127 cm³/mol. The highest BCUT2D eigenvalue weighted by atomic mass is 19.3. The number of hydrogen-bond acceptors (Lipinski definition) is 5. The zero-order valence-corrected chi connectivity index (χ0v) is 20.7. The van der Waals surface area contributed by atoms with Crippen molar-refractivity contribution < 1.29 is 18.7 Å². The molecule has 6 nitrogen and oxygen atoms in total. The van der Waals surface area contributed by atoms with Crippen LogP contribution < -0.4 is 0 Å². The number of hydrogen-bond donors (Lipinski definition) is 1. The average Bonchev–Trinajstić information content (AvgIpc) is 3.39. The average molecular weight is 487 g/mol. The molecule has 4 fully saturated rings. The molecule has 0 aliphatic heterocycles. The zero-order valence-electron chi connectivity index (χ0n) is 20.7. The Balaban J connectivity index is 1.20. The number of alkyl halides is 2. The van der Waals surface area contributed by atoms with Crippen LogP contribution in [0.25, 0.3) is 11.0 Å². The van der Waals surface area contributed by atoms with Gasteiger partial charge in [-0.15, -0.1) is 0 Å². The summed E-state index contributed by atoms with van der Waals surface area (Å²) in [6, 6.07) is 1.81. The summed E-state index contributed by atoms with van der Waals surface area (Å²) in [7, 11) is 0. The van der Waals surface area contributed by atoms with Crippen LogP contribution in [-0.2, 0) is 11.3 Å². The van der Waals surface area contributed by atoms with E-state index in [9.17, 15) is 18.7 Å². The predicted octanol–water partition coefficient (Wildman–Crippen LogP) is 5.05. The third kappa shape index (κ3) is 3.49. The van der Waals surface area contributed by atoms with Crippen LogP contribution in [0.1, 0.15) is 71.6 Å². The molecule has 0 radical (unpaired) electrons. The van der Waals surface area contributed by atoms with Crippen LogP contribution in [0.15, 0.2) is 18.5 Å². The largest absolute Gasteiger partial charge is 0.384 e. The Morgan fingerprint density at radius 1 is 1.09 bits per heavy atom. The SMILES string of the molecule is C[C@]12CC[C@@H]3[C@H]4CC[C@](O)(C(F)F)C[C@H]4CC[C@@]3(C)[C@@H]1CC[C@@H]2C(=O)Cn1nc2ccncc2n1. The van der Waals surface area contributed by atoms with Gasteiger partial charge in [0.25, 0.3) is 6.43 Å². The van der Waals surface area contributed by atoms with Crippen molar-refractivity contribution >= 4 is 16.8 Å². The number of pyridine rings is 1.